The minimum absolute atomic E-state index is 0. The van der Waals surface area contributed by atoms with Gasteiger partial charge in [-0.25, -0.2) is 0 Å². The standard InChI is InChI=1S/C13H11NO2.Na/c15-13(16)11-8-4-5-9-12(11)14-10-6-2-1-3-7-10;/h1-9,14H,(H,15,16);/q;+1/p-1. The van der Waals surface area contributed by atoms with Gasteiger partial charge in [0.15, 0.2) is 0 Å². The van der Waals surface area contributed by atoms with Gasteiger partial charge in [0, 0.05) is 16.9 Å². The summed E-state index contributed by atoms with van der Waals surface area (Å²) in [7, 11) is 0. The smallest absolute Gasteiger partial charge is 0.545 e. The Bertz CT molecular complexity index is 500. The second-order valence-corrected chi connectivity index (χ2v) is 3.32. The molecular formula is C13H10NNaO2. The van der Waals surface area contributed by atoms with E-state index in [0.29, 0.717) is 5.69 Å². The predicted molar refractivity (Wildman–Crippen MR) is 60.5 cm³/mol. The number of carbonyl (C=O) groups is 1. The first-order valence-corrected chi connectivity index (χ1v) is 4.90. The van der Waals surface area contributed by atoms with Crippen LogP contribution < -0.4 is 40.0 Å². The molecule has 0 fully saturated rings. The van der Waals surface area contributed by atoms with Crippen LogP contribution in [0.15, 0.2) is 54.6 Å². The van der Waals surface area contributed by atoms with Crippen LogP contribution in [0.2, 0.25) is 0 Å². The number of rotatable bonds is 3. The Morgan fingerprint density at radius 3 is 2.18 bits per heavy atom. The molecule has 0 aromatic heterocycles. The molecule has 0 unspecified atom stereocenters. The zero-order chi connectivity index (χ0) is 11.4. The van der Waals surface area contributed by atoms with Gasteiger partial charge in [0.05, 0.1) is 5.97 Å². The van der Waals surface area contributed by atoms with Crippen LogP contribution in [0.4, 0.5) is 11.4 Å². The van der Waals surface area contributed by atoms with Crippen LogP contribution in [0.1, 0.15) is 10.4 Å². The van der Waals surface area contributed by atoms with Crippen LogP contribution in [-0.4, -0.2) is 5.97 Å². The summed E-state index contributed by atoms with van der Waals surface area (Å²) in [5.41, 5.74) is 1.54. The number of para-hydroxylation sites is 2. The van der Waals surface area contributed by atoms with E-state index in [-0.39, 0.29) is 35.1 Å². The van der Waals surface area contributed by atoms with Crippen molar-refractivity contribution in [2.75, 3.05) is 5.32 Å². The summed E-state index contributed by atoms with van der Waals surface area (Å²) in [6.45, 7) is 0. The Morgan fingerprint density at radius 2 is 1.53 bits per heavy atom. The number of aromatic carboxylic acids is 1. The maximum Gasteiger partial charge on any atom is 1.00 e. The molecule has 1 N–H and O–H groups in total. The second-order valence-electron chi connectivity index (χ2n) is 3.32. The van der Waals surface area contributed by atoms with Crippen LogP contribution in [0, 0.1) is 0 Å². The molecule has 0 aliphatic heterocycles. The Hall–Kier alpha value is -1.29. The molecule has 0 atom stereocenters. The van der Waals surface area contributed by atoms with Gasteiger partial charge in [-0.3, -0.25) is 0 Å². The van der Waals surface area contributed by atoms with Gasteiger partial charge in [-0.1, -0.05) is 36.4 Å². The molecule has 0 spiro atoms. The summed E-state index contributed by atoms with van der Waals surface area (Å²) in [6.07, 6.45) is 0. The van der Waals surface area contributed by atoms with E-state index >= 15 is 0 Å². The largest absolute Gasteiger partial charge is 1.00 e. The zero-order valence-corrected chi connectivity index (χ0v) is 11.5. The molecule has 0 saturated carbocycles. The molecule has 17 heavy (non-hydrogen) atoms. The number of anilines is 2. The van der Waals surface area contributed by atoms with Gasteiger partial charge in [0.1, 0.15) is 0 Å². The number of hydrogen-bond donors (Lipinski definition) is 1. The molecule has 0 heterocycles. The van der Waals surface area contributed by atoms with Gasteiger partial charge in [0.25, 0.3) is 0 Å². The van der Waals surface area contributed by atoms with Gasteiger partial charge in [-0.15, -0.1) is 0 Å². The van der Waals surface area contributed by atoms with E-state index < -0.39 is 5.97 Å². The number of carboxylic acids is 1. The molecule has 3 nitrogen and oxygen atoms in total. The van der Waals surface area contributed by atoms with E-state index in [1.165, 1.54) is 6.07 Å². The number of carbonyl (C=O) groups excluding carboxylic acids is 1. The van der Waals surface area contributed by atoms with Gasteiger partial charge >= 0.3 is 29.6 Å². The summed E-state index contributed by atoms with van der Waals surface area (Å²) in [5.74, 6) is -1.18. The fourth-order valence-electron chi connectivity index (χ4n) is 1.45. The van der Waals surface area contributed by atoms with Crippen molar-refractivity contribution in [3.63, 3.8) is 0 Å². The first-order chi connectivity index (χ1) is 7.77. The van der Waals surface area contributed by atoms with Gasteiger partial charge in [0.2, 0.25) is 0 Å². The minimum Gasteiger partial charge on any atom is -0.545 e. The fourth-order valence-corrected chi connectivity index (χ4v) is 1.45. The summed E-state index contributed by atoms with van der Waals surface area (Å²) < 4.78 is 0. The van der Waals surface area contributed by atoms with E-state index in [9.17, 15) is 9.90 Å². The van der Waals surface area contributed by atoms with Crippen molar-refractivity contribution in [2.45, 2.75) is 0 Å². The molecule has 0 aliphatic rings. The Kier molecular flexibility index (Phi) is 5.22. The quantitative estimate of drug-likeness (QED) is 0.680. The third-order valence-corrected chi connectivity index (χ3v) is 2.20. The normalized spacial score (nSPS) is 9.18. The molecule has 2 aromatic rings. The molecule has 0 aliphatic carbocycles. The Labute approximate surface area is 122 Å². The van der Waals surface area contributed by atoms with E-state index in [0.717, 1.165) is 5.69 Å². The van der Waals surface area contributed by atoms with Crippen LogP contribution in [0.3, 0.4) is 0 Å². The van der Waals surface area contributed by atoms with E-state index in [4.69, 9.17) is 0 Å². The van der Waals surface area contributed by atoms with Crippen LogP contribution >= 0.6 is 0 Å². The van der Waals surface area contributed by atoms with Crippen molar-refractivity contribution in [3.05, 3.63) is 60.2 Å². The van der Waals surface area contributed by atoms with Crippen LogP contribution in [0.25, 0.3) is 0 Å². The molecule has 4 heteroatoms. The summed E-state index contributed by atoms with van der Waals surface area (Å²) in [4.78, 5) is 10.9. The van der Waals surface area contributed by atoms with Crippen LogP contribution in [0.5, 0.6) is 0 Å². The number of benzene rings is 2. The molecule has 2 rings (SSSR count). The monoisotopic (exact) mass is 235 g/mol. The molecule has 0 amide bonds. The maximum atomic E-state index is 10.9. The number of carboxylic acid groups (broad SMARTS) is 1. The molecule has 0 saturated heterocycles. The minimum atomic E-state index is -1.18. The van der Waals surface area contributed by atoms with Crippen molar-refractivity contribution in [3.8, 4) is 0 Å². The Balaban J connectivity index is 0.00000144. The zero-order valence-electron chi connectivity index (χ0n) is 9.51. The predicted octanol–water partition coefficient (Wildman–Crippen LogP) is -1.20. The third-order valence-electron chi connectivity index (χ3n) is 2.20. The molecular weight excluding hydrogens is 225 g/mol. The number of nitrogens with one attached hydrogen (secondary N) is 1. The van der Waals surface area contributed by atoms with Crippen LogP contribution in [-0.2, 0) is 0 Å². The van der Waals surface area contributed by atoms with Crippen molar-refractivity contribution >= 4 is 17.3 Å². The van der Waals surface area contributed by atoms with Crippen molar-refractivity contribution in [1.29, 1.82) is 0 Å². The van der Waals surface area contributed by atoms with Gasteiger partial charge in [-0.2, -0.15) is 0 Å². The average molecular weight is 235 g/mol. The van der Waals surface area contributed by atoms with Gasteiger partial charge < -0.3 is 15.2 Å². The summed E-state index contributed by atoms with van der Waals surface area (Å²) in [5, 5.41) is 13.9. The van der Waals surface area contributed by atoms with E-state index in [2.05, 4.69) is 5.32 Å². The summed E-state index contributed by atoms with van der Waals surface area (Å²) >= 11 is 0. The van der Waals surface area contributed by atoms with Crippen molar-refractivity contribution in [1.82, 2.24) is 0 Å². The third kappa shape index (κ3) is 3.60. The maximum absolute atomic E-state index is 10.9. The van der Waals surface area contributed by atoms with E-state index in [1.54, 1.807) is 18.2 Å². The SMILES string of the molecule is O=C([O-])c1ccccc1Nc1ccccc1.[Na+]. The fraction of sp³-hybridized carbons (Fsp3) is 0. The van der Waals surface area contributed by atoms with Crippen molar-refractivity contribution < 1.29 is 39.5 Å². The first kappa shape index (κ1) is 13.8. The number of hydrogen-bond acceptors (Lipinski definition) is 3. The van der Waals surface area contributed by atoms with Gasteiger partial charge in [-0.05, 0) is 18.2 Å². The first-order valence-electron chi connectivity index (χ1n) is 4.90. The topological polar surface area (TPSA) is 52.2 Å². The summed E-state index contributed by atoms with van der Waals surface area (Å²) in [6, 6.07) is 16.1. The molecule has 0 radical (unpaired) electrons. The van der Waals surface area contributed by atoms with Crippen molar-refractivity contribution in [2.24, 2.45) is 0 Å². The average Bonchev–Trinajstić information content (AvgIpc) is 2.31. The second kappa shape index (κ2) is 6.45. The molecule has 0 bridgehead atoms. The Morgan fingerprint density at radius 1 is 0.941 bits per heavy atom. The molecule has 80 valence electrons. The van der Waals surface area contributed by atoms with E-state index in [1.807, 2.05) is 30.3 Å². The molecule has 2 aromatic carbocycles.